The van der Waals surface area contributed by atoms with Crippen LogP contribution in [0.25, 0.3) is 0 Å². The number of piperidine rings is 1. The van der Waals surface area contributed by atoms with Crippen LogP contribution in [0.1, 0.15) is 55.8 Å². The molecule has 22 heavy (non-hydrogen) atoms. The van der Waals surface area contributed by atoms with E-state index in [1.807, 2.05) is 5.38 Å². The van der Waals surface area contributed by atoms with E-state index in [-0.39, 0.29) is 5.91 Å². The van der Waals surface area contributed by atoms with Gasteiger partial charge in [0, 0.05) is 12.6 Å². The van der Waals surface area contributed by atoms with Crippen LogP contribution in [0.3, 0.4) is 0 Å². The van der Waals surface area contributed by atoms with E-state index in [0.29, 0.717) is 12.0 Å². The number of likely N-dealkylation sites (tertiary alicyclic amines) is 1. The van der Waals surface area contributed by atoms with Gasteiger partial charge in [-0.05, 0) is 61.2 Å². The molecule has 0 aromatic carbocycles. The van der Waals surface area contributed by atoms with Gasteiger partial charge in [-0.1, -0.05) is 27.7 Å². The van der Waals surface area contributed by atoms with Crippen LogP contribution in [0.5, 0.6) is 0 Å². The first-order valence-corrected chi connectivity index (χ1v) is 9.49. The molecule has 0 saturated carbocycles. The first-order valence-electron chi connectivity index (χ1n) is 8.61. The Kier molecular flexibility index (Phi) is 6.45. The lowest BCUT2D eigenvalue weighted by atomic mass is 9.94. The highest BCUT2D eigenvalue weighted by molar-refractivity contribution is 7.12. The van der Waals surface area contributed by atoms with Gasteiger partial charge >= 0.3 is 0 Å². The van der Waals surface area contributed by atoms with Crippen molar-refractivity contribution in [1.82, 2.24) is 10.2 Å². The third-order valence-corrected chi connectivity index (χ3v) is 5.82. The van der Waals surface area contributed by atoms with Crippen LogP contribution >= 0.6 is 11.3 Å². The number of hydrogen-bond acceptors (Lipinski definition) is 3. The van der Waals surface area contributed by atoms with Crippen molar-refractivity contribution in [3.05, 3.63) is 21.9 Å². The molecule has 1 N–H and O–H groups in total. The normalized spacial score (nSPS) is 18.6. The van der Waals surface area contributed by atoms with Crippen LogP contribution in [0.2, 0.25) is 0 Å². The van der Waals surface area contributed by atoms with Crippen LogP contribution in [0.15, 0.2) is 11.4 Å². The summed E-state index contributed by atoms with van der Waals surface area (Å²) in [7, 11) is 0. The van der Waals surface area contributed by atoms with E-state index < -0.39 is 0 Å². The summed E-state index contributed by atoms with van der Waals surface area (Å²) in [4.78, 5) is 15.9. The van der Waals surface area contributed by atoms with E-state index in [4.69, 9.17) is 0 Å². The Balaban J connectivity index is 1.93. The maximum atomic E-state index is 12.4. The number of aryl methyl sites for hydroxylation is 1. The minimum Gasteiger partial charge on any atom is -0.350 e. The van der Waals surface area contributed by atoms with Gasteiger partial charge in [0.15, 0.2) is 0 Å². The van der Waals surface area contributed by atoms with Gasteiger partial charge in [-0.3, -0.25) is 9.69 Å². The summed E-state index contributed by atoms with van der Waals surface area (Å²) in [6.07, 6.45) is 3.48. The first-order chi connectivity index (χ1) is 10.5. The SMILES string of the molecule is CCc1ccsc1C(=O)NCC(C(C)C)N1CCC(C)CC1. The molecule has 0 bridgehead atoms. The zero-order chi connectivity index (χ0) is 16.1. The van der Waals surface area contributed by atoms with Gasteiger partial charge in [0.2, 0.25) is 0 Å². The third kappa shape index (κ3) is 4.32. The predicted octanol–water partition coefficient (Wildman–Crippen LogP) is 3.80. The molecule has 1 aromatic rings. The molecule has 1 aromatic heterocycles. The number of hydrogen-bond donors (Lipinski definition) is 1. The summed E-state index contributed by atoms with van der Waals surface area (Å²) in [5.41, 5.74) is 1.16. The molecule has 124 valence electrons. The van der Waals surface area contributed by atoms with E-state index >= 15 is 0 Å². The first kappa shape index (κ1) is 17.5. The van der Waals surface area contributed by atoms with Crippen LogP contribution < -0.4 is 5.32 Å². The van der Waals surface area contributed by atoms with Crippen LogP contribution in [-0.4, -0.2) is 36.5 Å². The number of nitrogens with one attached hydrogen (secondary N) is 1. The second-order valence-electron chi connectivity index (χ2n) is 6.87. The molecule has 1 amide bonds. The van der Waals surface area contributed by atoms with Crippen molar-refractivity contribution in [3.63, 3.8) is 0 Å². The minimum absolute atomic E-state index is 0.0999. The Morgan fingerprint density at radius 2 is 2.09 bits per heavy atom. The van der Waals surface area contributed by atoms with Gasteiger partial charge in [0.25, 0.3) is 5.91 Å². The van der Waals surface area contributed by atoms with E-state index in [0.717, 1.165) is 29.3 Å². The van der Waals surface area contributed by atoms with Gasteiger partial charge in [-0.15, -0.1) is 11.3 Å². The molecule has 1 aliphatic rings. The number of carbonyl (C=O) groups is 1. The fraction of sp³-hybridized carbons (Fsp3) is 0.722. The van der Waals surface area contributed by atoms with Crippen molar-refractivity contribution in [2.24, 2.45) is 11.8 Å². The molecule has 1 saturated heterocycles. The fourth-order valence-electron chi connectivity index (χ4n) is 3.24. The van der Waals surface area contributed by atoms with Crippen molar-refractivity contribution in [2.45, 2.75) is 53.0 Å². The number of rotatable bonds is 6. The molecule has 1 atom stereocenters. The second kappa shape index (κ2) is 8.11. The van der Waals surface area contributed by atoms with E-state index in [1.165, 1.54) is 25.9 Å². The van der Waals surface area contributed by atoms with E-state index in [2.05, 4.69) is 44.0 Å². The molecule has 4 heteroatoms. The van der Waals surface area contributed by atoms with Crippen LogP contribution in [0, 0.1) is 11.8 Å². The molecule has 0 radical (unpaired) electrons. The van der Waals surface area contributed by atoms with Crippen molar-refractivity contribution < 1.29 is 4.79 Å². The van der Waals surface area contributed by atoms with Crippen molar-refractivity contribution >= 4 is 17.2 Å². The van der Waals surface area contributed by atoms with Gasteiger partial charge in [0.05, 0.1) is 4.88 Å². The number of amides is 1. The van der Waals surface area contributed by atoms with Crippen LogP contribution in [-0.2, 0) is 6.42 Å². The Hall–Kier alpha value is -0.870. The largest absolute Gasteiger partial charge is 0.350 e. The summed E-state index contributed by atoms with van der Waals surface area (Å²) >= 11 is 1.55. The summed E-state index contributed by atoms with van der Waals surface area (Å²) < 4.78 is 0. The van der Waals surface area contributed by atoms with E-state index in [1.54, 1.807) is 11.3 Å². The number of nitrogens with zero attached hydrogens (tertiary/aromatic N) is 1. The van der Waals surface area contributed by atoms with E-state index in [9.17, 15) is 4.79 Å². The summed E-state index contributed by atoms with van der Waals surface area (Å²) in [5.74, 6) is 1.50. The average Bonchev–Trinajstić information content (AvgIpc) is 2.97. The molecular formula is C18H30N2OS. The highest BCUT2D eigenvalue weighted by Gasteiger charge is 2.26. The zero-order valence-electron chi connectivity index (χ0n) is 14.4. The van der Waals surface area contributed by atoms with Crippen molar-refractivity contribution in [2.75, 3.05) is 19.6 Å². The highest BCUT2D eigenvalue weighted by atomic mass is 32.1. The lowest BCUT2D eigenvalue weighted by molar-refractivity contribution is 0.0865. The van der Waals surface area contributed by atoms with Crippen molar-refractivity contribution in [3.8, 4) is 0 Å². The number of thiophene rings is 1. The molecular weight excluding hydrogens is 292 g/mol. The molecule has 1 unspecified atom stereocenters. The molecule has 1 aliphatic heterocycles. The molecule has 0 spiro atoms. The smallest absolute Gasteiger partial charge is 0.261 e. The van der Waals surface area contributed by atoms with Gasteiger partial charge in [-0.2, -0.15) is 0 Å². The Labute approximate surface area is 139 Å². The van der Waals surface area contributed by atoms with Gasteiger partial charge in [-0.25, -0.2) is 0 Å². The molecule has 0 aliphatic carbocycles. The maximum Gasteiger partial charge on any atom is 0.261 e. The maximum absolute atomic E-state index is 12.4. The topological polar surface area (TPSA) is 32.3 Å². The van der Waals surface area contributed by atoms with Gasteiger partial charge < -0.3 is 5.32 Å². The van der Waals surface area contributed by atoms with Gasteiger partial charge in [0.1, 0.15) is 0 Å². The summed E-state index contributed by atoms with van der Waals surface area (Å²) in [5, 5.41) is 5.19. The number of carbonyl (C=O) groups excluding carboxylic acids is 1. The summed E-state index contributed by atoms with van der Waals surface area (Å²) in [6, 6.07) is 2.51. The minimum atomic E-state index is 0.0999. The Morgan fingerprint density at radius 3 is 2.68 bits per heavy atom. The quantitative estimate of drug-likeness (QED) is 0.864. The monoisotopic (exact) mass is 322 g/mol. The average molecular weight is 323 g/mol. The predicted molar refractivity (Wildman–Crippen MR) is 94.6 cm³/mol. The highest BCUT2D eigenvalue weighted by Crippen LogP contribution is 2.22. The Morgan fingerprint density at radius 1 is 1.41 bits per heavy atom. The van der Waals surface area contributed by atoms with Crippen molar-refractivity contribution in [1.29, 1.82) is 0 Å². The van der Waals surface area contributed by atoms with Crippen LogP contribution in [0.4, 0.5) is 0 Å². The Bertz CT molecular complexity index is 475. The third-order valence-electron chi connectivity index (χ3n) is 4.86. The lowest BCUT2D eigenvalue weighted by Crippen LogP contribution is -2.49. The lowest BCUT2D eigenvalue weighted by Gasteiger charge is -2.38. The molecule has 1 fully saturated rings. The molecule has 3 nitrogen and oxygen atoms in total. The molecule has 2 rings (SSSR count). The zero-order valence-corrected chi connectivity index (χ0v) is 15.2. The standard InChI is InChI=1S/C18H30N2OS/c1-5-15-8-11-22-17(15)18(21)19-12-16(13(2)3)20-9-6-14(4)7-10-20/h8,11,13-14,16H,5-7,9-10,12H2,1-4H3,(H,19,21). The summed E-state index contributed by atoms with van der Waals surface area (Å²) in [6.45, 7) is 12.1. The fourth-order valence-corrected chi connectivity index (χ4v) is 4.15. The second-order valence-corrected chi connectivity index (χ2v) is 7.78. The molecule has 2 heterocycles.